The number of aliphatic hydroxyl groups is 1. The van der Waals surface area contributed by atoms with Gasteiger partial charge in [-0.15, -0.1) is 0 Å². The molecule has 2 rings (SSSR count). The molecule has 1 aliphatic rings. The zero-order valence-electron chi connectivity index (χ0n) is 12.1. The van der Waals surface area contributed by atoms with Crippen LogP contribution in [0.4, 0.5) is 0 Å². The highest BCUT2D eigenvalue weighted by Gasteiger charge is 2.22. The van der Waals surface area contributed by atoms with Crippen molar-refractivity contribution < 1.29 is 24.1 Å². The fourth-order valence-electron chi connectivity index (χ4n) is 2.21. The lowest BCUT2D eigenvalue weighted by atomic mass is 9.98. The zero-order valence-corrected chi connectivity index (χ0v) is 13.7. The van der Waals surface area contributed by atoms with Crippen LogP contribution in [-0.2, 0) is 9.53 Å². The van der Waals surface area contributed by atoms with Crippen LogP contribution in [-0.4, -0.2) is 31.4 Å². The molecule has 2 unspecified atom stereocenters. The molecule has 1 aliphatic heterocycles. The summed E-state index contributed by atoms with van der Waals surface area (Å²) >= 11 is 3.44. The van der Waals surface area contributed by atoms with E-state index in [9.17, 15) is 9.90 Å². The maximum absolute atomic E-state index is 11.4. The number of carbonyl (C=O) groups excluding carboxylic acids is 1. The summed E-state index contributed by atoms with van der Waals surface area (Å²) in [6.45, 7) is 2.91. The summed E-state index contributed by atoms with van der Waals surface area (Å²) in [5, 5.41) is 10.3. The highest BCUT2D eigenvalue weighted by molar-refractivity contribution is 9.10. The number of hydrogen-bond acceptors (Lipinski definition) is 5. The molecule has 0 aromatic heterocycles. The summed E-state index contributed by atoms with van der Waals surface area (Å²) in [6.07, 6.45) is 0.337. The van der Waals surface area contributed by atoms with Crippen molar-refractivity contribution in [2.75, 3.05) is 20.3 Å². The van der Waals surface area contributed by atoms with Crippen LogP contribution in [0.5, 0.6) is 11.5 Å². The predicted octanol–water partition coefficient (Wildman–Crippen LogP) is 2.84. The van der Waals surface area contributed by atoms with Gasteiger partial charge in [0.2, 0.25) is 0 Å². The van der Waals surface area contributed by atoms with Gasteiger partial charge >= 0.3 is 5.97 Å². The van der Waals surface area contributed by atoms with Crippen molar-refractivity contribution in [1.82, 2.24) is 0 Å². The number of aliphatic hydroxyl groups excluding tert-OH is 1. The SMILES string of the molecule is COC(=O)C(C)CC(O)c1cc(Br)c2c(c1)OCCCO2. The van der Waals surface area contributed by atoms with E-state index in [1.54, 1.807) is 19.1 Å². The van der Waals surface area contributed by atoms with E-state index in [2.05, 4.69) is 20.7 Å². The average Bonchev–Trinajstić information content (AvgIpc) is 2.71. The van der Waals surface area contributed by atoms with Crippen molar-refractivity contribution >= 4 is 21.9 Å². The lowest BCUT2D eigenvalue weighted by Gasteiger charge is -2.17. The van der Waals surface area contributed by atoms with Crippen molar-refractivity contribution in [2.24, 2.45) is 5.92 Å². The third-order valence-corrected chi connectivity index (χ3v) is 3.98. The van der Waals surface area contributed by atoms with E-state index in [1.807, 2.05) is 0 Å². The molecule has 0 saturated heterocycles. The third kappa shape index (κ3) is 3.89. The molecule has 0 fully saturated rings. The molecule has 1 heterocycles. The van der Waals surface area contributed by atoms with Gasteiger partial charge in [0.25, 0.3) is 0 Å². The molecule has 6 heteroatoms. The van der Waals surface area contributed by atoms with Crippen molar-refractivity contribution in [3.8, 4) is 11.5 Å². The van der Waals surface area contributed by atoms with Crippen LogP contribution in [0.15, 0.2) is 16.6 Å². The summed E-state index contributed by atoms with van der Waals surface area (Å²) in [5.41, 5.74) is 0.682. The Morgan fingerprint density at radius 1 is 1.43 bits per heavy atom. The van der Waals surface area contributed by atoms with E-state index >= 15 is 0 Å². The first-order chi connectivity index (χ1) is 10.0. The van der Waals surface area contributed by atoms with Crippen LogP contribution in [0.1, 0.15) is 31.4 Å². The van der Waals surface area contributed by atoms with E-state index in [0.717, 1.165) is 10.9 Å². The topological polar surface area (TPSA) is 65.0 Å². The first-order valence-electron chi connectivity index (χ1n) is 6.88. The molecule has 0 spiro atoms. The van der Waals surface area contributed by atoms with Gasteiger partial charge in [-0.3, -0.25) is 4.79 Å². The van der Waals surface area contributed by atoms with Crippen LogP contribution < -0.4 is 9.47 Å². The molecule has 0 saturated carbocycles. The normalized spacial score (nSPS) is 16.8. The van der Waals surface area contributed by atoms with Gasteiger partial charge in [0.15, 0.2) is 11.5 Å². The van der Waals surface area contributed by atoms with Gasteiger partial charge in [0.1, 0.15) is 0 Å². The Labute approximate surface area is 132 Å². The average molecular weight is 359 g/mol. The first-order valence-corrected chi connectivity index (χ1v) is 7.67. The lowest BCUT2D eigenvalue weighted by molar-refractivity contribution is -0.145. The second-order valence-electron chi connectivity index (χ2n) is 5.06. The minimum absolute atomic E-state index is 0.290. The van der Waals surface area contributed by atoms with Crippen molar-refractivity contribution in [1.29, 1.82) is 0 Å². The number of fused-ring (bicyclic) bond motifs is 1. The molecule has 116 valence electrons. The van der Waals surface area contributed by atoms with Gasteiger partial charge in [-0.25, -0.2) is 0 Å². The van der Waals surface area contributed by atoms with E-state index in [0.29, 0.717) is 36.7 Å². The van der Waals surface area contributed by atoms with Crippen LogP contribution in [0.3, 0.4) is 0 Å². The Hall–Kier alpha value is -1.27. The van der Waals surface area contributed by atoms with Crippen LogP contribution in [0.25, 0.3) is 0 Å². The summed E-state index contributed by atoms with van der Waals surface area (Å²) in [4.78, 5) is 11.4. The number of rotatable bonds is 4. The molecule has 0 radical (unpaired) electrons. The van der Waals surface area contributed by atoms with E-state index in [1.165, 1.54) is 7.11 Å². The highest BCUT2D eigenvalue weighted by Crippen LogP contribution is 2.40. The van der Waals surface area contributed by atoms with E-state index in [-0.39, 0.29) is 11.9 Å². The number of methoxy groups -OCH3 is 1. The molecule has 0 bridgehead atoms. The second kappa shape index (κ2) is 7.13. The van der Waals surface area contributed by atoms with Gasteiger partial charge in [0.05, 0.1) is 36.8 Å². The van der Waals surface area contributed by atoms with Crippen LogP contribution >= 0.6 is 15.9 Å². The van der Waals surface area contributed by atoms with Gasteiger partial charge in [-0.05, 0) is 40.0 Å². The quantitative estimate of drug-likeness (QED) is 0.838. The Morgan fingerprint density at radius 2 is 2.14 bits per heavy atom. The van der Waals surface area contributed by atoms with Gasteiger partial charge in [-0.1, -0.05) is 6.92 Å². The maximum Gasteiger partial charge on any atom is 0.308 e. The molecule has 2 atom stereocenters. The summed E-state index contributed by atoms with van der Waals surface area (Å²) < 4.78 is 16.7. The second-order valence-corrected chi connectivity index (χ2v) is 5.91. The molecule has 0 amide bonds. The van der Waals surface area contributed by atoms with Gasteiger partial charge in [0, 0.05) is 6.42 Å². The fourth-order valence-corrected chi connectivity index (χ4v) is 2.79. The summed E-state index contributed by atoms with van der Waals surface area (Å²) in [7, 11) is 1.34. The van der Waals surface area contributed by atoms with E-state index < -0.39 is 6.10 Å². The summed E-state index contributed by atoms with van der Waals surface area (Å²) in [5.74, 6) is 0.563. The molecule has 1 N–H and O–H groups in total. The number of ether oxygens (including phenoxy) is 3. The Morgan fingerprint density at radius 3 is 2.86 bits per heavy atom. The minimum Gasteiger partial charge on any atom is -0.490 e. The number of carbonyl (C=O) groups is 1. The molecule has 21 heavy (non-hydrogen) atoms. The molecular weight excluding hydrogens is 340 g/mol. The molecule has 1 aromatic rings. The molecule has 5 nitrogen and oxygen atoms in total. The Kier molecular flexibility index (Phi) is 5.47. The summed E-state index contributed by atoms with van der Waals surface area (Å²) in [6, 6.07) is 3.56. The monoisotopic (exact) mass is 358 g/mol. The lowest BCUT2D eigenvalue weighted by Crippen LogP contribution is -2.16. The zero-order chi connectivity index (χ0) is 15.4. The maximum atomic E-state index is 11.4. The molecule has 0 aliphatic carbocycles. The van der Waals surface area contributed by atoms with E-state index in [4.69, 9.17) is 9.47 Å². The minimum atomic E-state index is -0.771. The standard InChI is InChI=1S/C15H19BrO5/c1-9(15(18)19-2)6-12(17)10-7-11(16)14-13(8-10)20-4-3-5-21-14/h7-9,12,17H,3-6H2,1-2H3. The molecule has 1 aromatic carbocycles. The van der Waals surface area contributed by atoms with Crippen LogP contribution in [0.2, 0.25) is 0 Å². The number of hydrogen-bond donors (Lipinski definition) is 1. The Balaban J connectivity index is 2.18. The van der Waals surface area contributed by atoms with Gasteiger partial charge < -0.3 is 19.3 Å². The number of esters is 1. The van der Waals surface area contributed by atoms with Crippen molar-refractivity contribution in [2.45, 2.75) is 25.9 Å². The number of benzene rings is 1. The fraction of sp³-hybridized carbons (Fsp3) is 0.533. The number of halogens is 1. The molecular formula is C15H19BrO5. The predicted molar refractivity (Wildman–Crippen MR) is 80.5 cm³/mol. The van der Waals surface area contributed by atoms with Crippen LogP contribution in [0, 0.1) is 5.92 Å². The van der Waals surface area contributed by atoms with Gasteiger partial charge in [-0.2, -0.15) is 0 Å². The highest BCUT2D eigenvalue weighted by atomic mass is 79.9. The Bertz CT molecular complexity index is 517. The first kappa shape index (κ1) is 16.1. The smallest absolute Gasteiger partial charge is 0.308 e. The largest absolute Gasteiger partial charge is 0.490 e. The van der Waals surface area contributed by atoms with Crippen molar-refractivity contribution in [3.63, 3.8) is 0 Å². The van der Waals surface area contributed by atoms with Crippen molar-refractivity contribution in [3.05, 3.63) is 22.2 Å². The third-order valence-electron chi connectivity index (χ3n) is 3.39.